The molecule has 2 atom stereocenters. The SMILES string of the molecule is O=C(NC1CCCCCC1Cl)c1cccc(I)c1. The van der Waals surface area contributed by atoms with Gasteiger partial charge in [0.1, 0.15) is 0 Å². The highest BCUT2D eigenvalue weighted by molar-refractivity contribution is 14.1. The first-order valence-corrected chi connectivity index (χ1v) is 7.89. The van der Waals surface area contributed by atoms with Crippen LogP contribution in [0.1, 0.15) is 42.5 Å². The summed E-state index contributed by atoms with van der Waals surface area (Å²) in [5.41, 5.74) is 0.718. The summed E-state index contributed by atoms with van der Waals surface area (Å²) in [5, 5.41) is 3.15. The van der Waals surface area contributed by atoms with Gasteiger partial charge in [-0.25, -0.2) is 0 Å². The Morgan fingerprint density at radius 1 is 1.28 bits per heavy atom. The van der Waals surface area contributed by atoms with Crippen LogP contribution in [0.25, 0.3) is 0 Å². The van der Waals surface area contributed by atoms with Gasteiger partial charge in [0.15, 0.2) is 0 Å². The highest BCUT2D eigenvalue weighted by atomic mass is 127. The Kier molecular flexibility index (Phi) is 5.30. The van der Waals surface area contributed by atoms with Gasteiger partial charge in [-0.1, -0.05) is 25.3 Å². The summed E-state index contributed by atoms with van der Waals surface area (Å²) in [4.78, 5) is 12.1. The van der Waals surface area contributed by atoms with Gasteiger partial charge < -0.3 is 5.32 Å². The molecule has 0 bridgehead atoms. The molecule has 0 aromatic heterocycles. The predicted molar refractivity (Wildman–Crippen MR) is 83.1 cm³/mol. The summed E-state index contributed by atoms with van der Waals surface area (Å²) in [7, 11) is 0. The minimum absolute atomic E-state index is 0.00827. The van der Waals surface area contributed by atoms with E-state index in [1.54, 1.807) is 0 Å². The molecular weight excluding hydrogens is 361 g/mol. The van der Waals surface area contributed by atoms with Crippen LogP contribution in [0.3, 0.4) is 0 Å². The fourth-order valence-electron chi connectivity index (χ4n) is 2.31. The van der Waals surface area contributed by atoms with Crippen LogP contribution in [-0.2, 0) is 0 Å². The molecule has 2 nitrogen and oxygen atoms in total. The molecule has 0 spiro atoms. The molecule has 1 amide bonds. The van der Waals surface area contributed by atoms with E-state index in [2.05, 4.69) is 27.9 Å². The summed E-state index contributed by atoms with van der Waals surface area (Å²) in [5.74, 6) is -0.00827. The predicted octanol–water partition coefficient (Wildman–Crippen LogP) is 3.96. The highest BCUT2D eigenvalue weighted by Gasteiger charge is 2.23. The summed E-state index contributed by atoms with van der Waals surface area (Å²) in [6.45, 7) is 0. The van der Waals surface area contributed by atoms with E-state index >= 15 is 0 Å². The van der Waals surface area contributed by atoms with Crippen LogP contribution < -0.4 is 5.32 Å². The summed E-state index contributed by atoms with van der Waals surface area (Å²) >= 11 is 8.55. The van der Waals surface area contributed by atoms with E-state index in [1.807, 2.05) is 24.3 Å². The van der Waals surface area contributed by atoms with E-state index in [0.717, 1.165) is 28.4 Å². The number of amides is 1. The zero-order valence-electron chi connectivity index (χ0n) is 10.2. The van der Waals surface area contributed by atoms with E-state index in [9.17, 15) is 4.79 Å². The Morgan fingerprint density at radius 3 is 2.83 bits per heavy atom. The van der Waals surface area contributed by atoms with Crippen LogP contribution in [0.15, 0.2) is 24.3 Å². The first-order chi connectivity index (χ1) is 8.66. The molecule has 1 fully saturated rings. The lowest BCUT2D eigenvalue weighted by Crippen LogP contribution is -2.40. The van der Waals surface area contributed by atoms with Crippen molar-refractivity contribution in [3.63, 3.8) is 0 Å². The molecule has 4 heteroatoms. The minimum Gasteiger partial charge on any atom is -0.348 e. The number of carbonyl (C=O) groups excluding carboxylic acids is 1. The number of alkyl halides is 1. The number of carbonyl (C=O) groups is 1. The normalized spacial score (nSPS) is 24.3. The van der Waals surface area contributed by atoms with E-state index in [1.165, 1.54) is 12.8 Å². The Bertz CT molecular complexity index is 424. The van der Waals surface area contributed by atoms with Gasteiger partial charge in [-0.3, -0.25) is 4.79 Å². The first-order valence-electron chi connectivity index (χ1n) is 6.37. The van der Waals surface area contributed by atoms with Crippen molar-refractivity contribution in [3.05, 3.63) is 33.4 Å². The Hall–Kier alpha value is -0.290. The average Bonchev–Trinajstić information content (AvgIpc) is 2.55. The summed E-state index contributed by atoms with van der Waals surface area (Å²) < 4.78 is 1.07. The fourth-order valence-corrected chi connectivity index (χ4v) is 3.19. The van der Waals surface area contributed by atoms with Gasteiger partial charge >= 0.3 is 0 Å². The largest absolute Gasteiger partial charge is 0.348 e. The van der Waals surface area contributed by atoms with Gasteiger partial charge in [-0.2, -0.15) is 0 Å². The van der Waals surface area contributed by atoms with E-state index < -0.39 is 0 Å². The van der Waals surface area contributed by atoms with Crippen LogP contribution in [-0.4, -0.2) is 17.3 Å². The van der Waals surface area contributed by atoms with Crippen molar-refractivity contribution in [1.82, 2.24) is 5.32 Å². The maximum atomic E-state index is 12.1. The lowest BCUT2D eigenvalue weighted by Gasteiger charge is -2.21. The molecule has 2 unspecified atom stereocenters. The third-order valence-corrected chi connectivity index (χ3v) is 4.53. The topological polar surface area (TPSA) is 29.1 Å². The molecule has 1 aliphatic carbocycles. The maximum absolute atomic E-state index is 12.1. The first kappa shape index (κ1) is 14.1. The number of benzene rings is 1. The third-order valence-electron chi connectivity index (χ3n) is 3.33. The van der Waals surface area contributed by atoms with Gasteiger partial charge in [0.25, 0.3) is 5.91 Å². The zero-order chi connectivity index (χ0) is 13.0. The van der Waals surface area contributed by atoms with Crippen LogP contribution >= 0.6 is 34.2 Å². The number of hydrogen-bond acceptors (Lipinski definition) is 1. The lowest BCUT2D eigenvalue weighted by atomic mass is 10.1. The second kappa shape index (κ2) is 6.75. The molecule has 0 saturated heterocycles. The molecule has 1 saturated carbocycles. The van der Waals surface area contributed by atoms with Crippen LogP contribution in [0, 0.1) is 3.57 Å². The van der Waals surface area contributed by atoms with Crippen molar-refractivity contribution in [3.8, 4) is 0 Å². The lowest BCUT2D eigenvalue weighted by molar-refractivity contribution is 0.0934. The quantitative estimate of drug-likeness (QED) is 0.472. The van der Waals surface area contributed by atoms with Crippen LogP contribution in [0.2, 0.25) is 0 Å². The molecule has 18 heavy (non-hydrogen) atoms. The standard InChI is InChI=1S/C14H17ClINO/c15-12-7-2-1-3-8-13(12)17-14(18)10-5-4-6-11(16)9-10/h4-6,9,12-13H,1-3,7-8H2,(H,17,18). The smallest absolute Gasteiger partial charge is 0.251 e. The maximum Gasteiger partial charge on any atom is 0.251 e. The van der Waals surface area contributed by atoms with Crippen molar-refractivity contribution >= 4 is 40.1 Å². The highest BCUT2D eigenvalue weighted by Crippen LogP contribution is 2.22. The zero-order valence-corrected chi connectivity index (χ0v) is 13.1. The minimum atomic E-state index is -0.00827. The van der Waals surface area contributed by atoms with E-state index in [-0.39, 0.29) is 17.3 Å². The van der Waals surface area contributed by atoms with Crippen molar-refractivity contribution in [2.45, 2.75) is 43.5 Å². The molecule has 98 valence electrons. The number of halogens is 2. The Morgan fingerprint density at radius 2 is 2.06 bits per heavy atom. The van der Waals surface area contributed by atoms with Gasteiger partial charge in [-0.15, -0.1) is 11.6 Å². The van der Waals surface area contributed by atoms with Gasteiger partial charge in [-0.05, 0) is 53.6 Å². The summed E-state index contributed by atoms with van der Waals surface area (Å²) in [6, 6.07) is 7.74. The van der Waals surface area contributed by atoms with E-state index in [4.69, 9.17) is 11.6 Å². The monoisotopic (exact) mass is 377 g/mol. The van der Waals surface area contributed by atoms with Gasteiger partial charge in [0.2, 0.25) is 0 Å². The second-order valence-corrected chi connectivity index (χ2v) is 6.55. The molecule has 0 radical (unpaired) electrons. The van der Waals surface area contributed by atoms with Gasteiger partial charge in [0, 0.05) is 15.2 Å². The van der Waals surface area contributed by atoms with Crippen LogP contribution in [0.5, 0.6) is 0 Å². The van der Waals surface area contributed by atoms with Crippen LogP contribution in [0.4, 0.5) is 0 Å². The molecule has 1 aliphatic rings. The van der Waals surface area contributed by atoms with E-state index in [0.29, 0.717) is 0 Å². The van der Waals surface area contributed by atoms with Gasteiger partial charge in [0.05, 0.1) is 5.38 Å². The molecule has 0 heterocycles. The Balaban J connectivity index is 2.01. The molecule has 1 aromatic rings. The van der Waals surface area contributed by atoms with Crippen molar-refractivity contribution < 1.29 is 4.79 Å². The number of nitrogens with one attached hydrogen (secondary N) is 1. The fraction of sp³-hybridized carbons (Fsp3) is 0.500. The number of hydrogen-bond donors (Lipinski definition) is 1. The van der Waals surface area contributed by atoms with Crippen molar-refractivity contribution in [2.24, 2.45) is 0 Å². The third kappa shape index (κ3) is 3.85. The number of rotatable bonds is 2. The molecule has 1 aromatic carbocycles. The average molecular weight is 378 g/mol. The Labute approximate surface area is 127 Å². The van der Waals surface area contributed by atoms with Crippen molar-refractivity contribution in [2.75, 3.05) is 0 Å². The summed E-state index contributed by atoms with van der Waals surface area (Å²) in [6.07, 6.45) is 5.53. The molecule has 1 N–H and O–H groups in total. The van der Waals surface area contributed by atoms with Crippen molar-refractivity contribution in [1.29, 1.82) is 0 Å². The second-order valence-electron chi connectivity index (χ2n) is 4.74. The molecule has 2 rings (SSSR count). The molecule has 0 aliphatic heterocycles. The molecular formula is C14H17ClINO.